The molecule has 0 aromatic carbocycles. The number of esters is 1. The van der Waals surface area contributed by atoms with Crippen LogP contribution in [0.2, 0.25) is 0 Å². The fourth-order valence-corrected chi connectivity index (χ4v) is 5.59. The quantitative estimate of drug-likeness (QED) is 0.139. The van der Waals surface area contributed by atoms with Gasteiger partial charge in [0.15, 0.2) is 11.2 Å². The molecule has 1 fully saturated rings. The van der Waals surface area contributed by atoms with Gasteiger partial charge in [-0.3, -0.25) is 14.5 Å². The summed E-state index contributed by atoms with van der Waals surface area (Å²) in [5, 5.41) is 26.8. The van der Waals surface area contributed by atoms with Gasteiger partial charge in [0.25, 0.3) is 0 Å². The van der Waals surface area contributed by atoms with Gasteiger partial charge in [0.1, 0.15) is 11.1 Å². The SMILES string of the molecule is CCCCNC(=O)C(C)(C)N(OC1(C#N)CCCCC1)C(C)(C)CCC(C)(C#N)ON(C(C)(C)C)C(C)(C)C(=O)OC. The Hall–Kier alpha value is -2.24. The number of hydrogen-bond donors (Lipinski definition) is 1. The highest BCUT2D eigenvalue weighted by Gasteiger charge is 2.51. The van der Waals surface area contributed by atoms with E-state index < -0.39 is 39.3 Å². The summed E-state index contributed by atoms with van der Waals surface area (Å²) in [6.07, 6.45) is 6.44. The number of ether oxygens (including phenoxy) is 1. The van der Waals surface area contributed by atoms with Gasteiger partial charge in [0.05, 0.1) is 19.2 Å². The van der Waals surface area contributed by atoms with Crippen LogP contribution < -0.4 is 5.32 Å². The van der Waals surface area contributed by atoms with Crippen molar-refractivity contribution < 1.29 is 24.0 Å². The van der Waals surface area contributed by atoms with Crippen LogP contribution in [-0.4, -0.2) is 69.0 Å². The summed E-state index contributed by atoms with van der Waals surface area (Å²) in [5.74, 6) is -0.673. The molecule has 10 heteroatoms. The van der Waals surface area contributed by atoms with Crippen LogP contribution in [0.1, 0.15) is 134 Å². The van der Waals surface area contributed by atoms with Crippen molar-refractivity contribution >= 4 is 11.9 Å². The van der Waals surface area contributed by atoms with Crippen LogP contribution in [0.3, 0.4) is 0 Å². The van der Waals surface area contributed by atoms with Crippen molar-refractivity contribution in [3.8, 4) is 12.1 Å². The first-order valence-corrected chi connectivity index (χ1v) is 15.4. The summed E-state index contributed by atoms with van der Waals surface area (Å²) in [7, 11) is 1.33. The Morgan fingerprint density at radius 2 is 1.45 bits per heavy atom. The van der Waals surface area contributed by atoms with E-state index in [4.69, 9.17) is 14.4 Å². The van der Waals surface area contributed by atoms with Crippen LogP contribution in [-0.2, 0) is 24.0 Å². The highest BCUT2D eigenvalue weighted by Crippen LogP contribution is 2.40. The lowest BCUT2D eigenvalue weighted by molar-refractivity contribution is -0.319. The number of nitrogens with zero attached hydrogens (tertiary/aromatic N) is 4. The molecule has 1 aliphatic rings. The molecule has 10 nitrogen and oxygen atoms in total. The number of rotatable bonds is 15. The lowest BCUT2D eigenvalue weighted by Gasteiger charge is -2.50. The zero-order valence-corrected chi connectivity index (χ0v) is 28.4. The zero-order valence-electron chi connectivity index (χ0n) is 28.4. The summed E-state index contributed by atoms with van der Waals surface area (Å²) < 4.78 is 5.04. The molecule has 1 aliphatic carbocycles. The van der Waals surface area contributed by atoms with Crippen LogP contribution in [0.5, 0.6) is 0 Å². The molecule has 0 aromatic heterocycles. The Morgan fingerprint density at radius 3 is 1.90 bits per heavy atom. The lowest BCUT2D eigenvalue weighted by atomic mass is 9.85. The topological polar surface area (TPSA) is 128 Å². The number of nitriles is 2. The third kappa shape index (κ3) is 9.38. The van der Waals surface area contributed by atoms with E-state index in [-0.39, 0.29) is 12.3 Å². The van der Waals surface area contributed by atoms with E-state index in [2.05, 4.69) is 24.4 Å². The van der Waals surface area contributed by atoms with Gasteiger partial charge in [0.2, 0.25) is 5.91 Å². The molecule has 0 bridgehead atoms. The Morgan fingerprint density at radius 1 is 0.881 bits per heavy atom. The second-order valence-electron chi connectivity index (χ2n) is 14.5. The van der Waals surface area contributed by atoms with Crippen molar-refractivity contribution in [2.24, 2.45) is 0 Å². The molecule has 240 valence electrons. The zero-order chi connectivity index (χ0) is 32.6. The number of carbonyl (C=O) groups excluding carboxylic acids is 2. The van der Waals surface area contributed by atoms with Crippen LogP contribution >= 0.6 is 0 Å². The first-order chi connectivity index (χ1) is 19.2. The molecular formula is C32H57N5O5. The van der Waals surface area contributed by atoms with Gasteiger partial charge in [-0.15, -0.1) is 0 Å². The van der Waals surface area contributed by atoms with Gasteiger partial charge in [-0.05, 0) is 114 Å². The summed E-state index contributed by atoms with van der Waals surface area (Å²) in [6.45, 7) is 21.0. The van der Waals surface area contributed by atoms with E-state index in [9.17, 15) is 20.1 Å². The first-order valence-electron chi connectivity index (χ1n) is 15.4. The van der Waals surface area contributed by atoms with E-state index >= 15 is 0 Å². The molecule has 42 heavy (non-hydrogen) atoms. The molecule has 1 atom stereocenters. The predicted molar refractivity (Wildman–Crippen MR) is 162 cm³/mol. The fourth-order valence-electron chi connectivity index (χ4n) is 5.59. The maximum Gasteiger partial charge on any atom is 0.328 e. The average Bonchev–Trinajstić information content (AvgIpc) is 2.92. The van der Waals surface area contributed by atoms with E-state index in [1.165, 1.54) is 12.2 Å². The summed E-state index contributed by atoms with van der Waals surface area (Å²) >= 11 is 0. The van der Waals surface area contributed by atoms with Gasteiger partial charge in [-0.25, -0.2) is 4.79 Å². The Balaban J connectivity index is 3.43. The smallest absolute Gasteiger partial charge is 0.328 e. The Labute approximate surface area is 254 Å². The molecule has 0 radical (unpaired) electrons. The molecule has 1 rings (SSSR count). The Bertz CT molecular complexity index is 998. The number of unbranched alkanes of at least 4 members (excludes halogenated alkanes) is 1. The Kier molecular flexibility index (Phi) is 13.0. The third-order valence-corrected chi connectivity index (χ3v) is 8.11. The van der Waals surface area contributed by atoms with Crippen LogP contribution in [0.4, 0.5) is 0 Å². The van der Waals surface area contributed by atoms with Crippen molar-refractivity contribution in [3.05, 3.63) is 0 Å². The van der Waals surface area contributed by atoms with Crippen LogP contribution in [0.25, 0.3) is 0 Å². The van der Waals surface area contributed by atoms with Gasteiger partial charge in [-0.2, -0.15) is 20.7 Å². The molecule has 0 spiro atoms. The van der Waals surface area contributed by atoms with Gasteiger partial charge in [0, 0.05) is 17.6 Å². The third-order valence-electron chi connectivity index (χ3n) is 8.11. The first kappa shape index (κ1) is 37.8. The number of amides is 1. The lowest BCUT2D eigenvalue weighted by Crippen LogP contribution is -2.64. The normalized spacial score (nSPS) is 17.7. The monoisotopic (exact) mass is 591 g/mol. The number of nitrogens with one attached hydrogen (secondary N) is 1. The maximum atomic E-state index is 13.5. The van der Waals surface area contributed by atoms with Crippen molar-refractivity contribution in [2.45, 2.75) is 167 Å². The number of carbonyl (C=O) groups is 2. The summed E-state index contributed by atoms with van der Waals surface area (Å²) in [5.41, 5.74) is -6.08. The van der Waals surface area contributed by atoms with E-state index in [0.717, 1.165) is 32.1 Å². The average molecular weight is 592 g/mol. The molecule has 1 saturated carbocycles. The number of methoxy groups -OCH3 is 1. The molecule has 0 heterocycles. The molecule has 0 saturated heterocycles. The largest absolute Gasteiger partial charge is 0.468 e. The van der Waals surface area contributed by atoms with E-state index in [1.807, 2.05) is 48.5 Å². The van der Waals surface area contributed by atoms with Gasteiger partial charge in [-0.1, -0.05) is 19.8 Å². The van der Waals surface area contributed by atoms with Crippen molar-refractivity contribution in [1.82, 2.24) is 15.4 Å². The minimum Gasteiger partial charge on any atom is -0.468 e. The molecule has 0 aliphatic heterocycles. The van der Waals surface area contributed by atoms with E-state index in [0.29, 0.717) is 25.8 Å². The second kappa shape index (κ2) is 14.5. The molecule has 1 N–H and O–H groups in total. The summed E-state index contributed by atoms with van der Waals surface area (Å²) in [4.78, 5) is 39.3. The molecule has 1 amide bonds. The van der Waals surface area contributed by atoms with E-state index in [1.54, 1.807) is 25.8 Å². The maximum absolute atomic E-state index is 13.5. The van der Waals surface area contributed by atoms with Crippen LogP contribution in [0.15, 0.2) is 0 Å². The number of hydrogen-bond acceptors (Lipinski definition) is 9. The van der Waals surface area contributed by atoms with Crippen molar-refractivity contribution in [2.75, 3.05) is 13.7 Å². The highest BCUT2D eigenvalue weighted by molar-refractivity contribution is 5.85. The minimum atomic E-state index is -1.33. The van der Waals surface area contributed by atoms with Gasteiger partial charge < -0.3 is 10.1 Å². The second-order valence-corrected chi connectivity index (χ2v) is 14.5. The minimum absolute atomic E-state index is 0.189. The number of hydroxylamine groups is 4. The van der Waals surface area contributed by atoms with Gasteiger partial charge >= 0.3 is 5.97 Å². The van der Waals surface area contributed by atoms with Crippen molar-refractivity contribution in [3.63, 3.8) is 0 Å². The standard InChI is InChI=1S/C32H57N5O5/c1-13-14-22-35-25(38)29(7,8)37(42-32(24-34)18-16-15-17-19-32)28(5,6)20-21-31(11,23-33)41-36(27(2,3)4)30(9,10)26(39)40-12/h13-22H2,1-12H3,(H,35,38). The fraction of sp³-hybridized carbons (Fsp3) is 0.875. The molecular weight excluding hydrogens is 534 g/mol. The molecule has 1 unspecified atom stereocenters. The summed E-state index contributed by atoms with van der Waals surface area (Å²) in [6, 6.07) is 4.73. The van der Waals surface area contributed by atoms with Crippen molar-refractivity contribution in [1.29, 1.82) is 10.5 Å². The van der Waals surface area contributed by atoms with Crippen LogP contribution in [0, 0.1) is 22.7 Å². The highest BCUT2D eigenvalue weighted by atomic mass is 16.7. The molecule has 0 aromatic rings. The predicted octanol–water partition coefficient (Wildman–Crippen LogP) is 5.97.